The van der Waals surface area contributed by atoms with Gasteiger partial charge >= 0.3 is 0 Å². The summed E-state index contributed by atoms with van der Waals surface area (Å²) < 4.78 is 5.26. The molecule has 0 aliphatic rings. The van der Waals surface area contributed by atoms with E-state index in [1.807, 2.05) is 12.1 Å². The first-order valence-electron chi connectivity index (χ1n) is 6.10. The molecule has 0 radical (unpaired) electrons. The molecule has 2 N–H and O–H groups in total. The molecule has 0 aliphatic heterocycles. The maximum absolute atomic E-state index is 9.10. The molecule has 3 nitrogen and oxygen atoms in total. The highest BCUT2D eigenvalue weighted by molar-refractivity contribution is 4.97. The van der Waals surface area contributed by atoms with E-state index in [-0.39, 0.29) is 12.0 Å². The average Bonchev–Trinajstić information content (AvgIpc) is 2.81. The van der Waals surface area contributed by atoms with Gasteiger partial charge in [0.05, 0.1) is 12.8 Å². The first-order valence-corrected chi connectivity index (χ1v) is 6.10. The molecule has 16 heavy (non-hydrogen) atoms. The maximum Gasteiger partial charge on any atom is 0.117 e. The number of aliphatic hydroxyl groups excluding tert-OH is 1. The van der Waals surface area contributed by atoms with Gasteiger partial charge < -0.3 is 14.8 Å². The van der Waals surface area contributed by atoms with Crippen molar-refractivity contribution in [1.82, 2.24) is 5.32 Å². The van der Waals surface area contributed by atoms with Gasteiger partial charge in [-0.25, -0.2) is 0 Å². The van der Waals surface area contributed by atoms with E-state index in [0.29, 0.717) is 0 Å². The van der Waals surface area contributed by atoms with Crippen molar-refractivity contribution in [3.8, 4) is 0 Å². The normalized spacial score (nSPS) is 11.9. The van der Waals surface area contributed by atoms with Crippen molar-refractivity contribution in [3.63, 3.8) is 0 Å². The third kappa shape index (κ3) is 3.65. The van der Waals surface area contributed by atoms with E-state index in [0.717, 1.165) is 38.1 Å². The summed E-state index contributed by atoms with van der Waals surface area (Å²) in [6, 6.07) is 3.87. The molecule has 1 heterocycles. The molecule has 92 valence electrons. The highest BCUT2D eigenvalue weighted by atomic mass is 16.3. The molecule has 0 atom stereocenters. The zero-order valence-corrected chi connectivity index (χ0v) is 10.3. The maximum atomic E-state index is 9.10. The number of rotatable bonds is 8. The highest BCUT2D eigenvalue weighted by Crippen LogP contribution is 2.29. The molecule has 1 aromatic heterocycles. The Labute approximate surface area is 97.9 Å². The summed E-state index contributed by atoms with van der Waals surface area (Å²) in [7, 11) is 0. The topological polar surface area (TPSA) is 45.4 Å². The van der Waals surface area contributed by atoms with Crippen LogP contribution in [0.25, 0.3) is 0 Å². The SMILES string of the molecule is CCC(CC)(CCO)CNCc1ccco1. The number of hydrogen-bond acceptors (Lipinski definition) is 3. The molecule has 1 rings (SSSR count). The van der Waals surface area contributed by atoms with Crippen LogP contribution in [0.1, 0.15) is 38.9 Å². The second-order valence-corrected chi connectivity index (χ2v) is 4.36. The predicted molar refractivity (Wildman–Crippen MR) is 65.1 cm³/mol. The molecular formula is C13H23NO2. The molecule has 0 aliphatic carbocycles. The molecule has 0 saturated carbocycles. The van der Waals surface area contributed by atoms with Gasteiger partial charge in [-0.15, -0.1) is 0 Å². The van der Waals surface area contributed by atoms with Crippen molar-refractivity contribution < 1.29 is 9.52 Å². The molecule has 3 heteroatoms. The Kier molecular flexibility index (Phi) is 5.56. The summed E-state index contributed by atoms with van der Waals surface area (Å²) in [6.45, 7) is 6.34. The third-order valence-electron chi connectivity index (χ3n) is 3.52. The van der Waals surface area contributed by atoms with Crippen LogP contribution in [0.15, 0.2) is 22.8 Å². The van der Waals surface area contributed by atoms with Crippen molar-refractivity contribution in [1.29, 1.82) is 0 Å². The van der Waals surface area contributed by atoms with E-state index in [9.17, 15) is 0 Å². The fourth-order valence-corrected chi connectivity index (χ4v) is 2.04. The van der Waals surface area contributed by atoms with Gasteiger partial charge in [-0.3, -0.25) is 0 Å². The number of nitrogens with one attached hydrogen (secondary N) is 1. The molecule has 0 bridgehead atoms. The minimum atomic E-state index is 0.224. The van der Waals surface area contributed by atoms with Crippen LogP contribution in [0.5, 0.6) is 0 Å². The van der Waals surface area contributed by atoms with Crippen molar-refractivity contribution in [2.24, 2.45) is 5.41 Å². The van der Waals surface area contributed by atoms with E-state index >= 15 is 0 Å². The summed E-state index contributed by atoms with van der Waals surface area (Å²) in [5.74, 6) is 0.963. The van der Waals surface area contributed by atoms with E-state index in [2.05, 4.69) is 19.2 Å². The molecule has 1 aromatic rings. The van der Waals surface area contributed by atoms with Gasteiger partial charge in [-0.05, 0) is 36.8 Å². The first kappa shape index (κ1) is 13.3. The Morgan fingerprint density at radius 2 is 2.12 bits per heavy atom. The van der Waals surface area contributed by atoms with Crippen LogP contribution in [0.4, 0.5) is 0 Å². The van der Waals surface area contributed by atoms with E-state index in [1.165, 1.54) is 0 Å². The van der Waals surface area contributed by atoms with Gasteiger partial charge in [0.1, 0.15) is 5.76 Å². The molecule has 0 amide bonds. The molecule has 0 fully saturated rings. The average molecular weight is 225 g/mol. The predicted octanol–water partition coefficient (Wildman–Crippen LogP) is 2.56. The summed E-state index contributed by atoms with van der Waals surface area (Å²) >= 11 is 0. The lowest BCUT2D eigenvalue weighted by Gasteiger charge is -2.31. The Balaban J connectivity index is 2.37. The Morgan fingerprint density at radius 3 is 2.62 bits per heavy atom. The fraction of sp³-hybridized carbons (Fsp3) is 0.692. The van der Waals surface area contributed by atoms with Crippen LogP contribution < -0.4 is 5.32 Å². The lowest BCUT2D eigenvalue weighted by molar-refractivity contribution is 0.162. The van der Waals surface area contributed by atoms with E-state index in [4.69, 9.17) is 9.52 Å². The number of aliphatic hydroxyl groups is 1. The minimum absolute atomic E-state index is 0.224. The summed E-state index contributed by atoms with van der Waals surface area (Å²) in [5, 5.41) is 12.5. The van der Waals surface area contributed by atoms with Crippen molar-refractivity contribution in [2.75, 3.05) is 13.2 Å². The smallest absolute Gasteiger partial charge is 0.117 e. The summed E-state index contributed by atoms with van der Waals surface area (Å²) in [6.07, 6.45) is 4.74. The Hall–Kier alpha value is -0.800. The van der Waals surface area contributed by atoms with Gasteiger partial charge in [0.25, 0.3) is 0 Å². The lowest BCUT2D eigenvalue weighted by atomic mass is 9.79. The highest BCUT2D eigenvalue weighted by Gasteiger charge is 2.24. The second-order valence-electron chi connectivity index (χ2n) is 4.36. The Morgan fingerprint density at radius 1 is 1.38 bits per heavy atom. The van der Waals surface area contributed by atoms with Crippen molar-refractivity contribution in [2.45, 2.75) is 39.7 Å². The standard InChI is InChI=1S/C13H23NO2/c1-3-13(4-2,7-8-15)11-14-10-12-6-5-9-16-12/h5-6,9,14-15H,3-4,7-8,10-11H2,1-2H3. The summed E-state index contributed by atoms with van der Waals surface area (Å²) in [4.78, 5) is 0. The quantitative estimate of drug-likeness (QED) is 0.714. The van der Waals surface area contributed by atoms with Crippen LogP contribution in [0, 0.1) is 5.41 Å². The third-order valence-corrected chi connectivity index (χ3v) is 3.52. The zero-order chi connectivity index (χ0) is 11.9. The van der Waals surface area contributed by atoms with E-state index < -0.39 is 0 Å². The van der Waals surface area contributed by atoms with Gasteiger partial charge in [-0.2, -0.15) is 0 Å². The zero-order valence-electron chi connectivity index (χ0n) is 10.3. The number of hydrogen-bond donors (Lipinski definition) is 2. The van der Waals surface area contributed by atoms with Crippen LogP contribution in [0.3, 0.4) is 0 Å². The monoisotopic (exact) mass is 225 g/mol. The molecule has 0 unspecified atom stereocenters. The van der Waals surface area contributed by atoms with Gasteiger partial charge in [-0.1, -0.05) is 13.8 Å². The molecular weight excluding hydrogens is 202 g/mol. The fourth-order valence-electron chi connectivity index (χ4n) is 2.04. The Bertz CT molecular complexity index is 265. The van der Waals surface area contributed by atoms with Crippen molar-refractivity contribution >= 4 is 0 Å². The molecule has 0 aromatic carbocycles. The van der Waals surface area contributed by atoms with Crippen LogP contribution in [0.2, 0.25) is 0 Å². The van der Waals surface area contributed by atoms with Crippen LogP contribution in [-0.2, 0) is 6.54 Å². The van der Waals surface area contributed by atoms with E-state index in [1.54, 1.807) is 6.26 Å². The van der Waals surface area contributed by atoms with Crippen LogP contribution >= 0.6 is 0 Å². The summed E-state index contributed by atoms with van der Waals surface area (Å²) in [5.41, 5.74) is 0.224. The molecule has 0 spiro atoms. The first-order chi connectivity index (χ1) is 7.76. The lowest BCUT2D eigenvalue weighted by Crippen LogP contribution is -2.34. The van der Waals surface area contributed by atoms with Crippen molar-refractivity contribution in [3.05, 3.63) is 24.2 Å². The van der Waals surface area contributed by atoms with Gasteiger partial charge in [0.2, 0.25) is 0 Å². The number of furan rings is 1. The van der Waals surface area contributed by atoms with Gasteiger partial charge in [0, 0.05) is 13.2 Å². The molecule has 0 saturated heterocycles. The minimum Gasteiger partial charge on any atom is -0.468 e. The van der Waals surface area contributed by atoms with Crippen LogP contribution in [-0.4, -0.2) is 18.3 Å². The largest absolute Gasteiger partial charge is 0.468 e. The van der Waals surface area contributed by atoms with Gasteiger partial charge in [0.15, 0.2) is 0 Å². The second kappa shape index (κ2) is 6.71.